The summed E-state index contributed by atoms with van der Waals surface area (Å²) >= 11 is 0. The highest BCUT2D eigenvalue weighted by Crippen LogP contribution is 2.46. The van der Waals surface area contributed by atoms with Crippen LogP contribution in [0.5, 0.6) is 0 Å². The van der Waals surface area contributed by atoms with E-state index in [0.717, 1.165) is 19.6 Å². The molecule has 0 radical (unpaired) electrons. The number of carbonyl (C=O) groups excluding carboxylic acids is 1. The molecule has 1 aromatic carbocycles. The molecule has 27 heavy (non-hydrogen) atoms. The second-order valence-corrected chi connectivity index (χ2v) is 7.92. The van der Waals surface area contributed by atoms with E-state index in [-0.39, 0.29) is 11.9 Å². The summed E-state index contributed by atoms with van der Waals surface area (Å²) in [4.78, 5) is 14.9. The van der Waals surface area contributed by atoms with Gasteiger partial charge in [0.05, 0.1) is 19.1 Å². The molecular formula is C22H29N3O2. The van der Waals surface area contributed by atoms with Crippen LogP contribution >= 0.6 is 0 Å². The molecule has 1 atom stereocenters. The highest BCUT2D eigenvalue weighted by atomic mass is 16.5. The van der Waals surface area contributed by atoms with Crippen LogP contribution in [0, 0.1) is 5.92 Å². The van der Waals surface area contributed by atoms with E-state index in [1.807, 2.05) is 23.9 Å². The number of carbonyl (C=O) groups is 1. The minimum atomic E-state index is -0.172. The van der Waals surface area contributed by atoms with Gasteiger partial charge < -0.3 is 9.64 Å². The zero-order valence-corrected chi connectivity index (χ0v) is 16.1. The molecule has 5 heteroatoms. The Balaban J connectivity index is 1.40. The SMILES string of the molecule is CCOC(=O)C(CN1CCC2(CCc3ccccc32)CC1)Cn1cccn1. The van der Waals surface area contributed by atoms with Crippen molar-refractivity contribution in [3.05, 3.63) is 53.9 Å². The predicted molar refractivity (Wildman–Crippen MR) is 104 cm³/mol. The highest BCUT2D eigenvalue weighted by molar-refractivity contribution is 5.72. The largest absolute Gasteiger partial charge is 0.466 e. The Bertz CT molecular complexity index is 764. The molecule has 1 spiro atoms. The first-order valence-corrected chi connectivity index (χ1v) is 10.1. The number of ether oxygens (including phenoxy) is 1. The molecule has 4 rings (SSSR count). The Kier molecular flexibility index (Phi) is 5.30. The average molecular weight is 367 g/mol. The van der Waals surface area contributed by atoms with Crippen molar-refractivity contribution in [3.8, 4) is 0 Å². The zero-order valence-electron chi connectivity index (χ0n) is 16.1. The maximum absolute atomic E-state index is 12.5. The smallest absolute Gasteiger partial charge is 0.312 e. The zero-order chi connectivity index (χ0) is 18.7. The predicted octanol–water partition coefficient (Wildman–Crippen LogP) is 3.04. The summed E-state index contributed by atoms with van der Waals surface area (Å²) in [5, 5.41) is 4.26. The lowest BCUT2D eigenvalue weighted by Crippen LogP contribution is -2.45. The lowest BCUT2D eigenvalue weighted by Gasteiger charge is -2.41. The summed E-state index contributed by atoms with van der Waals surface area (Å²) in [5.41, 5.74) is 3.46. The van der Waals surface area contributed by atoms with E-state index in [2.05, 4.69) is 34.3 Å². The van der Waals surface area contributed by atoms with Crippen molar-refractivity contribution in [3.63, 3.8) is 0 Å². The molecule has 0 amide bonds. The topological polar surface area (TPSA) is 47.4 Å². The first-order chi connectivity index (χ1) is 13.2. The normalized spacial score (nSPS) is 19.7. The second-order valence-electron chi connectivity index (χ2n) is 7.92. The highest BCUT2D eigenvalue weighted by Gasteiger charge is 2.41. The molecule has 2 aliphatic rings. The van der Waals surface area contributed by atoms with Gasteiger partial charge in [0, 0.05) is 18.9 Å². The van der Waals surface area contributed by atoms with E-state index in [1.165, 1.54) is 31.2 Å². The average Bonchev–Trinajstić information content (AvgIpc) is 3.32. The van der Waals surface area contributed by atoms with Crippen LogP contribution in [0.15, 0.2) is 42.7 Å². The lowest BCUT2D eigenvalue weighted by atomic mass is 9.74. The molecule has 2 aromatic rings. The molecule has 2 heterocycles. The van der Waals surface area contributed by atoms with Crippen molar-refractivity contribution < 1.29 is 9.53 Å². The van der Waals surface area contributed by atoms with E-state index in [4.69, 9.17) is 4.74 Å². The number of hydrogen-bond donors (Lipinski definition) is 0. The molecule has 0 bridgehead atoms. The van der Waals surface area contributed by atoms with E-state index in [0.29, 0.717) is 18.6 Å². The number of nitrogens with zero attached hydrogens (tertiary/aromatic N) is 3. The Morgan fingerprint density at radius 2 is 2.00 bits per heavy atom. The third-order valence-electron chi connectivity index (χ3n) is 6.34. The number of aryl methyl sites for hydroxylation is 1. The monoisotopic (exact) mass is 367 g/mol. The molecule has 1 fully saturated rings. The standard InChI is InChI=1S/C22H29N3O2/c1-2-27-21(26)19(17-25-13-5-12-23-25)16-24-14-10-22(11-15-24)9-8-18-6-3-4-7-20(18)22/h3-7,12-13,19H,2,8-11,14-17H2,1H3. The fourth-order valence-electron chi connectivity index (χ4n) is 4.86. The van der Waals surface area contributed by atoms with E-state index in [9.17, 15) is 4.79 Å². The fraction of sp³-hybridized carbons (Fsp3) is 0.545. The Hall–Kier alpha value is -2.14. The molecule has 1 saturated heterocycles. The summed E-state index contributed by atoms with van der Waals surface area (Å²) in [6, 6.07) is 10.9. The van der Waals surface area contributed by atoms with Crippen molar-refractivity contribution in [1.29, 1.82) is 0 Å². The van der Waals surface area contributed by atoms with Gasteiger partial charge in [-0.25, -0.2) is 0 Å². The van der Waals surface area contributed by atoms with Crippen LogP contribution in [0.3, 0.4) is 0 Å². The molecule has 1 aliphatic heterocycles. The molecule has 1 aromatic heterocycles. The Labute approximate surface area is 161 Å². The minimum Gasteiger partial charge on any atom is -0.466 e. The van der Waals surface area contributed by atoms with Crippen molar-refractivity contribution >= 4 is 5.97 Å². The quantitative estimate of drug-likeness (QED) is 0.737. The van der Waals surface area contributed by atoms with E-state index >= 15 is 0 Å². The maximum atomic E-state index is 12.5. The first-order valence-electron chi connectivity index (χ1n) is 10.1. The van der Waals surface area contributed by atoms with Gasteiger partial charge in [0.1, 0.15) is 0 Å². The molecule has 0 saturated carbocycles. The Morgan fingerprint density at radius 3 is 2.74 bits per heavy atom. The van der Waals surface area contributed by atoms with Crippen LogP contribution in [0.4, 0.5) is 0 Å². The number of likely N-dealkylation sites (tertiary alicyclic amines) is 1. The van der Waals surface area contributed by atoms with Gasteiger partial charge in [0.25, 0.3) is 0 Å². The summed E-state index contributed by atoms with van der Waals surface area (Å²) in [7, 11) is 0. The van der Waals surface area contributed by atoms with Crippen molar-refractivity contribution in [2.24, 2.45) is 5.92 Å². The van der Waals surface area contributed by atoms with Crippen LogP contribution in [0.2, 0.25) is 0 Å². The number of benzene rings is 1. The number of aromatic nitrogens is 2. The third-order valence-corrected chi connectivity index (χ3v) is 6.34. The number of rotatable bonds is 6. The van der Waals surface area contributed by atoms with Gasteiger partial charge in [-0.2, -0.15) is 5.10 Å². The van der Waals surface area contributed by atoms with Crippen molar-refractivity contribution in [1.82, 2.24) is 14.7 Å². The first kappa shape index (κ1) is 18.2. The summed E-state index contributed by atoms with van der Waals surface area (Å²) in [5.74, 6) is -0.283. The van der Waals surface area contributed by atoms with Gasteiger partial charge in [0.2, 0.25) is 0 Å². The van der Waals surface area contributed by atoms with Crippen LogP contribution in [-0.2, 0) is 27.9 Å². The van der Waals surface area contributed by atoms with Gasteiger partial charge in [-0.15, -0.1) is 0 Å². The summed E-state index contributed by atoms with van der Waals surface area (Å²) in [6.07, 6.45) is 8.51. The van der Waals surface area contributed by atoms with Gasteiger partial charge in [-0.3, -0.25) is 9.48 Å². The molecule has 5 nitrogen and oxygen atoms in total. The van der Waals surface area contributed by atoms with Crippen LogP contribution in [0.25, 0.3) is 0 Å². The van der Waals surface area contributed by atoms with Crippen molar-refractivity contribution in [2.75, 3.05) is 26.2 Å². The number of hydrogen-bond acceptors (Lipinski definition) is 4. The van der Waals surface area contributed by atoms with Gasteiger partial charge in [-0.05, 0) is 68.3 Å². The van der Waals surface area contributed by atoms with Crippen molar-refractivity contribution in [2.45, 2.75) is 44.6 Å². The van der Waals surface area contributed by atoms with Gasteiger partial charge >= 0.3 is 5.97 Å². The summed E-state index contributed by atoms with van der Waals surface area (Å²) < 4.78 is 7.16. The van der Waals surface area contributed by atoms with E-state index < -0.39 is 0 Å². The number of fused-ring (bicyclic) bond motifs is 2. The fourth-order valence-corrected chi connectivity index (χ4v) is 4.86. The molecule has 0 N–H and O–H groups in total. The van der Waals surface area contributed by atoms with Crippen LogP contribution in [-0.4, -0.2) is 46.9 Å². The van der Waals surface area contributed by atoms with Crippen LogP contribution in [0.1, 0.15) is 37.3 Å². The minimum absolute atomic E-state index is 0.112. The van der Waals surface area contributed by atoms with Crippen LogP contribution < -0.4 is 0 Å². The molecular weight excluding hydrogens is 338 g/mol. The molecule has 144 valence electrons. The summed E-state index contributed by atoms with van der Waals surface area (Å²) in [6.45, 7) is 5.71. The molecule has 1 unspecified atom stereocenters. The van der Waals surface area contributed by atoms with E-state index in [1.54, 1.807) is 11.8 Å². The third kappa shape index (κ3) is 3.79. The van der Waals surface area contributed by atoms with Gasteiger partial charge in [0.15, 0.2) is 0 Å². The number of esters is 1. The lowest BCUT2D eigenvalue weighted by molar-refractivity contribution is -0.149. The van der Waals surface area contributed by atoms with Gasteiger partial charge in [-0.1, -0.05) is 24.3 Å². The second kappa shape index (κ2) is 7.85. The Morgan fingerprint density at radius 1 is 1.19 bits per heavy atom. The maximum Gasteiger partial charge on any atom is 0.312 e. The number of piperidine rings is 1. The molecule has 1 aliphatic carbocycles.